The average Bonchev–Trinajstić information content (AvgIpc) is 2.41. The molecule has 6 nitrogen and oxygen atoms in total. The van der Waals surface area contributed by atoms with Crippen LogP contribution in [0.4, 0.5) is 5.82 Å². The van der Waals surface area contributed by atoms with Crippen molar-refractivity contribution in [1.82, 2.24) is 9.88 Å². The van der Waals surface area contributed by atoms with Crippen molar-refractivity contribution in [2.75, 3.05) is 18.4 Å². The summed E-state index contributed by atoms with van der Waals surface area (Å²) in [5, 5.41) is 12.3. The van der Waals surface area contributed by atoms with Gasteiger partial charge < -0.3 is 10.4 Å². The summed E-state index contributed by atoms with van der Waals surface area (Å²) < 4.78 is 0. The van der Waals surface area contributed by atoms with Crippen molar-refractivity contribution in [3.8, 4) is 0 Å². The van der Waals surface area contributed by atoms with Crippen LogP contribution in [0, 0.1) is 0 Å². The Balaban J connectivity index is 1.92. The topological polar surface area (TPSA) is 82.5 Å². The summed E-state index contributed by atoms with van der Waals surface area (Å²) >= 11 is 5.71. The van der Waals surface area contributed by atoms with Crippen LogP contribution >= 0.6 is 11.6 Å². The molecular formula is C13H16ClN3O3. The molecule has 1 amide bonds. The summed E-state index contributed by atoms with van der Waals surface area (Å²) in [7, 11) is 0. The van der Waals surface area contributed by atoms with Crippen molar-refractivity contribution in [2.24, 2.45) is 0 Å². The third-order valence-corrected chi connectivity index (χ3v) is 3.46. The number of rotatable bonds is 4. The largest absolute Gasteiger partial charge is 0.480 e. The zero-order chi connectivity index (χ0) is 14.5. The molecule has 2 heterocycles. The third kappa shape index (κ3) is 3.91. The second kappa shape index (κ2) is 6.67. The number of aromatic nitrogens is 1. The number of hydrogen-bond acceptors (Lipinski definition) is 4. The van der Waals surface area contributed by atoms with E-state index < -0.39 is 12.0 Å². The molecule has 1 saturated heterocycles. The molecule has 0 saturated carbocycles. The first-order chi connectivity index (χ1) is 9.56. The van der Waals surface area contributed by atoms with Crippen molar-refractivity contribution in [3.05, 3.63) is 23.4 Å². The summed E-state index contributed by atoms with van der Waals surface area (Å²) in [6.07, 6.45) is 3.82. The molecule has 1 aliphatic rings. The van der Waals surface area contributed by atoms with Crippen LogP contribution in [-0.2, 0) is 9.59 Å². The van der Waals surface area contributed by atoms with E-state index in [1.807, 2.05) is 0 Å². The van der Waals surface area contributed by atoms with Crippen LogP contribution in [0.3, 0.4) is 0 Å². The zero-order valence-corrected chi connectivity index (χ0v) is 11.6. The van der Waals surface area contributed by atoms with Crippen molar-refractivity contribution >= 4 is 29.3 Å². The maximum absolute atomic E-state index is 11.9. The number of nitrogens with one attached hydrogen (secondary N) is 1. The Bertz CT molecular complexity index is 492. The molecule has 20 heavy (non-hydrogen) atoms. The number of amides is 1. The fourth-order valence-corrected chi connectivity index (χ4v) is 2.39. The molecule has 108 valence electrons. The van der Waals surface area contributed by atoms with E-state index in [4.69, 9.17) is 16.7 Å². The maximum atomic E-state index is 11.9. The highest BCUT2D eigenvalue weighted by Gasteiger charge is 2.29. The Morgan fingerprint density at radius 1 is 1.45 bits per heavy atom. The highest BCUT2D eigenvalue weighted by molar-refractivity contribution is 6.30. The van der Waals surface area contributed by atoms with Gasteiger partial charge in [-0.25, -0.2) is 4.98 Å². The lowest BCUT2D eigenvalue weighted by molar-refractivity contribution is -0.145. The monoisotopic (exact) mass is 297 g/mol. The Morgan fingerprint density at radius 2 is 2.25 bits per heavy atom. The van der Waals surface area contributed by atoms with Gasteiger partial charge >= 0.3 is 5.97 Å². The molecule has 1 aromatic heterocycles. The van der Waals surface area contributed by atoms with E-state index in [0.29, 0.717) is 23.8 Å². The van der Waals surface area contributed by atoms with Gasteiger partial charge in [-0.2, -0.15) is 0 Å². The van der Waals surface area contributed by atoms with Gasteiger partial charge in [-0.3, -0.25) is 14.5 Å². The quantitative estimate of drug-likeness (QED) is 0.882. The average molecular weight is 298 g/mol. The number of carboxylic acid groups (broad SMARTS) is 1. The SMILES string of the molecule is O=C(CN1CCCCC1C(=O)O)Nc1ccc(Cl)cn1. The number of hydrogen-bond donors (Lipinski definition) is 2. The molecule has 1 atom stereocenters. The van der Waals surface area contributed by atoms with Gasteiger partial charge in [0.2, 0.25) is 5.91 Å². The van der Waals surface area contributed by atoms with Crippen LogP contribution in [-0.4, -0.2) is 46.0 Å². The van der Waals surface area contributed by atoms with E-state index in [-0.39, 0.29) is 12.5 Å². The van der Waals surface area contributed by atoms with E-state index in [9.17, 15) is 9.59 Å². The Morgan fingerprint density at radius 3 is 2.90 bits per heavy atom. The number of carboxylic acids is 1. The van der Waals surface area contributed by atoms with Crippen molar-refractivity contribution in [1.29, 1.82) is 0 Å². The minimum Gasteiger partial charge on any atom is -0.480 e. The van der Waals surface area contributed by atoms with Crippen LogP contribution in [0.1, 0.15) is 19.3 Å². The molecular weight excluding hydrogens is 282 g/mol. The number of halogens is 1. The minimum atomic E-state index is -0.873. The molecule has 0 aromatic carbocycles. The van der Waals surface area contributed by atoms with E-state index in [0.717, 1.165) is 12.8 Å². The molecule has 2 rings (SSSR count). The van der Waals surface area contributed by atoms with Crippen LogP contribution < -0.4 is 5.32 Å². The first-order valence-corrected chi connectivity index (χ1v) is 6.82. The first-order valence-electron chi connectivity index (χ1n) is 6.44. The molecule has 1 aromatic rings. The van der Waals surface area contributed by atoms with Crippen LogP contribution in [0.5, 0.6) is 0 Å². The molecule has 1 fully saturated rings. The van der Waals surface area contributed by atoms with E-state index in [1.54, 1.807) is 17.0 Å². The van der Waals surface area contributed by atoms with Crippen molar-refractivity contribution in [3.63, 3.8) is 0 Å². The third-order valence-electron chi connectivity index (χ3n) is 3.24. The lowest BCUT2D eigenvalue weighted by Crippen LogP contribution is -2.47. The van der Waals surface area contributed by atoms with Gasteiger partial charge in [0.1, 0.15) is 11.9 Å². The van der Waals surface area contributed by atoms with Crippen LogP contribution in [0.25, 0.3) is 0 Å². The highest BCUT2D eigenvalue weighted by atomic mass is 35.5. The Labute approximate surface area is 121 Å². The number of nitrogens with zero attached hydrogens (tertiary/aromatic N) is 2. The van der Waals surface area contributed by atoms with Crippen molar-refractivity contribution in [2.45, 2.75) is 25.3 Å². The number of pyridine rings is 1. The van der Waals surface area contributed by atoms with E-state index >= 15 is 0 Å². The van der Waals surface area contributed by atoms with E-state index in [1.165, 1.54) is 6.20 Å². The number of likely N-dealkylation sites (tertiary alicyclic amines) is 1. The van der Waals surface area contributed by atoms with Gasteiger partial charge in [-0.1, -0.05) is 18.0 Å². The Kier molecular flexibility index (Phi) is 4.92. The minimum absolute atomic E-state index is 0.0568. The molecule has 2 N–H and O–H groups in total. The number of aliphatic carboxylic acids is 1. The fourth-order valence-electron chi connectivity index (χ4n) is 2.28. The highest BCUT2D eigenvalue weighted by Crippen LogP contribution is 2.17. The van der Waals surface area contributed by atoms with Crippen molar-refractivity contribution < 1.29 is 14.7 Å². The number of piperidine rings is 1. The number of anilines is 1. The second-order valence-corrected chi connectivity index (χ2v) is 5.17. The van der Waals surface area contributed by atoms with Gasteiger partial charge in [0.25, 0.3) is 0 Å². The lowest BCUT2D eigenvalue weighted by atomic mass is 10.0. The Hall–Kier alpha value is -1.66. The molecule has 0 radical (unpaired) electrons. The molecule has 1 aliphatic heterocycles. The molecule has 1 unspecified atom stereocenters. The van der Waals surface area contributed by atoms with E-state index in [2.05, 4.69) is 10.3 Å². The van der Waals surface area contributed by atoms with Gasteiger partial charge in [-0.05, 0) is 31.5 Å². The summed E-state index contributed by atoms with van der Waals surface area (Å²) in [4.78, 5) is 28.7. The summed E-state index contributed by atoms with van der Waals surface area (Å²) in [5.41, 5.74) is 0. The molecule has 0 aliphatic carbocycles. The molecule has 7 heteroatoms. The van der Waals surface area contributed by atoms with Gasteiger partial charge in [-0.15, -0.1) is 0 Å². The fraction of sp³-hybridized carbons (Fsp3) is 0.462. The number of carbonyl (C=O) groups is 2. The lowest BCUT2D eigenvalue weighted by Gasteiger charge is -2.32. The maximum Gasteiger partial charge on any atom is 0.320 e. The predicted octanol–water partition coefficient (Wildman–Crippen LogP) is 1.61. The summed E-state index contributed by atoms with van der Waals surface area (Å²) in [6.45, 7) is 0.680. The number of carbonyl (C=O) groups excluding carboxylic acids is 1. The molecule has 0 bridgehead atoms. The second-order valence-electron chi connectivity index (χ2n) is 4.73. The summed E-state index contributed by atoms with van der Waals surface area (Å²) in [5.74, 6) is -0.738. The summed E-state index contributed by atoms with van der Waals surface area (Å²) in [6, 6.07) is 2.66. The standard InChI is InChI=1S/C13H16ClN3O3/c14-9-4-5-11(15-7-9)16-12(18)8-17-6-2-1-3-10(17)13(19)20/h4-5,7,10H,1-3,6,8H2,(H,19,20)(H,15,16,18). The zero-order valence-electron chi connectivity index (χ0n) is 10.9. The van der Waals surface area contributed by atoms with Crippen LogP contribution in [0.15, 0.2) is 18.3 Å². The predicted molar refractivity (Wildman–Crippen MR) is 74.7 cm³/mol. The van der Waals surface area contributed by atoms with Gasteiger partial charge in [0.15, 0.2) is 0 Å². The van der Waals surface area contributed by atoms with Crippen LogP contribution in [0.2, 0.25) is 5.02 Å². The molecule has 0 spiro atoms. The first kappa shape index (κ1) is 14.7. The normalized spacial score (nSPS) is 19.6. The smallest absolute Gasteiger partial charge is 0.320 e. The van der Waals surface area contributed by atoms with Gasteiger partial charge in [0, 0.05) is 6.20 Å². The van der Waals surface area contributed by atoms with Gasteiger partial charge in [0.05, 0.1) is 11.6 Å².